The highest BCUT2D eigenvalue weighted by molar-refractivity contribution is 7.80. The zero-order valence-corrected chi connectivity index (χ0v) is 14.4. The third-order valence-electron chi connectivity index (χ3n) is 3.88. The number of halogens is 1. The van der Waals surface area contributed by atoms with Gasteiger partial charge in [-0.25, -0.2) is 9.78 Å². The van der Waals surface area contributed by atoms with E-state index in [1.807, 2.05) is 0 Å². The second-order valence-corrected chi connectivity index (χ2v) is 6.23. The molecule has 2 aromatic rings. The summed E-state index contributed by atoms with van der Waals surface area (Å²) >= 11 is 10.5. The number of carboxylic acid groups (broad SMARTS) is 1. The Labute approximate surface area is 152 Å². The van der Waals surface area contributed by atoms with Crippen LogP contribution in [-0.4, -0.2) is 40.6 Å². The van der Waals surface area contributed by atoms with Crippen molar-refractivity contribution in [1.82, 2.24) is 9.55 Å². The molecule has 1 fully saturated rings. The third-order valence-corrected chi connectivity index (χ3v) is 4.55. The lowest BCUT2D eigenvalue weighted by atomic mass is 10.2. The average molecular weight is 385 g/mol. The minimum Gasteiger partial charge on any atom is -0.476 e. The van der Waals surface area contributed by atoms with Gasteiger partial charge in [0.2, 0.25) is 13.1 Å². The summed E-state index contributed by atoms with van der Waals surface area (Å²) < 4.78 is 23.0. The number of carboxylic acids is 1. The predicted molar refractivity (Wildman–Crippen MR) is 87.8 cm³/mol. The lowest BCUT2D eigenvalue weighted by molar-refractivity contribution is -0.0530. The van der Waals surface area contributed by atoms with Crippen molar-refractivity contribution in [2.45, 2.75) is 17.9 Å². The fourth-order valence-electron chi connectivity index (χ4n) is 2.77. The van der Waals surface area contributed by atoms with E-state index in [1.54, 1.807) is 12.1 Å². The summed E-state index contributed by atoms with van der Waals surface area (Å²) in [5.41, 5.74) is 0.588. The number of hydrogen-bond donors (Lipinski definition) is 2. The Morgan fingerprint density at radius 3 is 2.68 bits per heavy atom. The van der Waals surface area contributed by atoms with Gasteiger partial charge in [-0.05, 0) is 11.6 Å². The molecule has 0 atom stereocenters. The lowest BCUT2D eigenvalue weighted by Gasteiger charge is -2.15. The fraction of sp³-hybridized carbons (Fsp3) is 0.333. The molecule has 0 unspecified atom stereocenters. The summed E-state index contributed by atoms with van der Waals surface area (Å²) in [5.74, 6) is 0.278. The van der Waals surface area contributed by atoms with Crippen LogP contribution in [0.2, 0.25) is 5.02 Å². The highest BCUT2D eigenvalue weighted by Crippen LogP contribution is 2.38. The molecule has 10 heteroatoms. The molecule has 0 bridgehead atoms. The SMILES string of the molecule is O=C(O)c1c(S)nc(C2OCCO2)n1Cc1cc2c(cc1Cl)OCO2. The highest BCUT2D eigenvalue weighted by Gasteiger charge is 2.30. The van der Waals surface area contributed by atoms with Gasteiger partial charge in [0.1, 0.15) is 5.03 Å². The molecule has 132 valence electrons. The molecule has 8 nitrogen and oxygen atoms in total. The number of nitrogens with zero attached hydrogens (tertiary/aromatic N) is 2. The molecule has 1 saturated heterocycles. The van der Waals surface area contributed by atoms with E-state index in [1.165, 1.54) is 4.57 Å². The van der Waals surface area contributed by atoms with Crippen LogP contribution in [0.5, 0.6) is 11.5 Å². The van der Waals surface area contributed by atoms with E-state index in [9.17, 15) is 9.90 Å². The molecule has 1 aromatic carbocycles. The summed E-state index contributed by atoms with van der Waals surface area (Å²) in [4.78, 5) is 15.9. The largest absolute Gasteiger partial charge is 0.476 e. The van der Waals surface area contributed by atoms with Crippen molar-refractivity contribution in [3.8, 4) is 11.5 Å². The fourth-order valence-corrected chi connectivity index (χ4v) is 3.30. The van der Waals surface area contributed by atoms with E-state index < -0.39 is 12.3 Å². The monoisotopic (exact) mass is 384 g/mol. The van der Waals surface area contributed by atoms with Crippen molar-refractivity contribution in [1.29, 1.82) is 0 Å². The molecule has 4 rings (SSSR count). The van der Waals surface area contributed by atoms with Gasteiger partial charge < -0.3 is 28.6 Å². The number of fused-ring (bicyclic) bond motifs is 1. The molecule has 1 aromatic heterocycles. The number of rotatable bonds is 4. The van der Waals surface area contributed by atoms with E-state index in [2.05, 4.69) is 17.6 Å². The Hall–Kier alpha value is -1.94. The van der Waals surface area contributed by atoms with Gasteiger partial charge in [0.25, 0.3) is 0 Å². The van der Waals surface area contributed by atoms with Crippen LogP contribution in [0.25, 0.3) is 0 Å². The normalized spacial score (nSPS) is 16.6. The molecule has 25 heavy (non-hydrogen) atoms. The molecule has 0 amide bonds. The maximum atomic E-state index is 11.7. The lowest BCUT2D eigenvalue weighted by Crippen LogP contribution is -2.16. The van der Waals surface area contributed by atoms with Crippen LogP contribution < -0.4 is 9.47 Å². The van der Waals surface area contributed by atoms with Gasteiger partial charge >= 0.3 is 5.97 Å². The van der Waals surface area contributed by atoms with Gasteiger partial charge in [-0.2, -0.15) is 0 Å². The third kappa shape index (κ3) is 2.93. The van der Waals surface area contributed by atoms with Crippen molar-refractivity contribution in [3.05, 3.63) is 34.2 Å². The van der Waals surface area contributed by atoms with Crippen LogP contribution in [0, 0.1) is 0 Å². The van der Waals surface area contributed by atoms with Crippen LogP contribution in [-0.2, 0) is 16.0 Å². The summed E-state index contributed by atoms with van der Waals surface area (Å²) in [6.07, 6.45) is -0.744. The van der Waals surface area contributed by atoms with E-state index >= 15 is 0 Å². The van der Waals surface area contributed by atoms with Crippen LogP contribution in [0.4, 0.5) is 0 Å². The standard InChI is InChI=1S/C15H13ClN2O6S/c16-8-4-10-9(23-6-24-10)3-7(8)5-18-11(14(19)20)13(25)17-12(18)15-21-1-2-22-15/h3-4,15,25H,1-2,5-6H2,(H,19,20). The van der Waals surface area contributed by atoms with Gasteiger partial charge in [-0.1, -0.05) is 11.6 Å². The minimum absolute atomic E-state index is 0.0637. The number of benzene rings is 1. The molecule has 2 aliphatic rings. The van der Waals surface area contributed by atoms with Crippen molar-refractivity contribution in [3.63, 3.8) is 0 Å². The van der Waals surface area contributed by atoms with Crippen LogP contribution in [0.1, 0.15) is 28.2 Å². The Morgan fingerprint density at radius 1 is 1.32 bits per heavy atom. The number of ether oxygens (including phenoxy) is 4. The first kappa shape index (κ1) is 16.5. The number of hydrogen-bond acceptors (Lipinski definition) is 7. The summed E-state index contributed by atoms with van der Waals surface area (Å²) in [6, 6.07) is 3.36. The Kier molecular flexibility index (Phi) is 4.24. The average Bonchev–Trinajstić information content (AvgIpc) is 3.27. The van der Waals surface area contributed by atoms with Crippen molar-refractivity contribution >= 4 is 30.2 Å². The van der Waals surface area contributed by atoms with Gasteiger partial charge in [0.05, 0.1) is 19.8 Å². The molecular formula is C15H13ClN2O6S. The van der Waals surface area contributed by atoms with Crippen molar-refractivity contribution in [2.24, 2.45) is 0 Å². The van der Waals surface area contributed by atoms with E-state index in [0.717, 1.165) is 0 Å². The molecule has 0 aliphatic carbocycles. The van der Waals surface area contributed by atoms with Crippen LogP contribution >= 0.6 is 24.2 Å². The maximum Gasteiger partial charge on any atom is 0.355 e. The Balaban J connectivity index is 1.78. The Morgan fingerprint density at radius 2 is 2.00 bits per heavy atom. The first-order valence-corrected chi connectivity index (χ1v) is 8.21. The first-order chi connectivity index (χ1) is 12.0. The first-order valence-electron chi connectivity index (χ1n) is 7.38. The molecule has 1 N–H and O–H groups in total. The van der Waals surface area contributed by atoms with Gasteiger partial charge in [-0.15, -0.1) is 12.6 Å². The van der Waals surface area contributed by atoms with E-state index in [-0.39, 0.29) is 24.1 Å². The van der Waals surface area contributed by atoms with Gasteiger partial charge in [0, 0.05) is 11.1 Å². The molecule has 0 spiro atoms. The van der Waals surface area contributed by atoms with Crippen molar-refractivity contribution in [2.75, 3.05) is 20.0 Å². The highest BCUT2D eigenvalue weighted by atomic mass is 35.5. The number of thiol groups is 1. The smallest absolute Gasteiger partial charge is 0.355 e. The molecule has 0 saturated carbocycles. The zero-order valence-electron chi connectivity index (χ0n) is 12.8. The van der Waals surface area contributed by atoms with E-state index in [0.29, 0.717) is 41.1 Å². The van der Waals surface area contributed by atoms with Crippen molar-refractivity contribution < 1.29 is 28.8 Å². The van der Waals surface area contributed by atoms with Gasteiger partial charge in [0.15, 0.2) is 23.0 Å². The summed E-state index contributed by atoms with van der Waals surface area (Å²) in [5, 5.41) is 10.0. The topological polar surface area (TPSA) is 92.0 Å². The molecular weight excluding hydrogens is 372 g/mol. The summed E-state index contributed by atoms with van der Waals surface area (Å²) in [7, 11) is 0. The predicted octanol–water partition coefficient (Wildman–Crippen LogP) is 2.35. The van der Waals surface area contributed by atoms with Crippen LogP contribution in [0.15, 0.2) is 17.2 Å². The van der Waals surface area contributed by atoms with Gasteiger partial charge in [-0.3, -0.25) is 0 Å². The summed E-state index contributed by atoms with van der Waals surface area (Å²) in [6.45, 7) is 1.08. The Bertz CT molecular complexity index is 849. The number of imidazole rings is 1. The number of aromatic carboxylic acids is 1. The van der Waals surface area contributed by atoms with Crippen LogP contribution in [0.3, 0.4) is 0 Å². The number of carbonyl (C=O) groups is 1. The zero-order chi connectivity index (χ0) is 17.6. The quantitative estimate of drug-likeness (QED) is 0.781. The maximum absolute atomic E-state index is 11.7. The van der Waals surface area contributed by atoms with E-state index in [4.69, 9.17) is 30.5 Å². The number of aromatic nitrogens is 2. The molecule has 2 aliphatic heterocycles. The minimum atomic E-state index is -1.15. The molecule has 3 heterocycles. The molecule has 0 radical (unpaired) electrons. The second-order valence-electron chi connectivity index (χ2n) is 5.40. The second kappa shape index (κ2) is 6.41.